The molecular formula is C22H22O2S. The summed E-state index contributed by atoms with van der Waals surface area (Å²) >= 11 is 1.95. The Kier molecular flexibility index (Phi) is 5.20. The lowest BCUT2D eigenvalue weighted by Crippen LogP contribution is -2.23. The Morgan fingerprint density at radius 1 is 1.20 bits per heavy atom. The zero-order valence-electron chi connectivity index (χ0n) is 14.9. The molecule has 1 heterocycles. The monoisotopic (exact) mass is 350 g/mol. The molecule has 0 atom stereocenters. The fourth-order valence-electron chi connectivity index (χ4n) is 3.02. The van der Waals surface area contributed by atoms with E-state index in [-0.39, 0.29) is 11.4 Å². The molecule has 2 nitrogen and oxygen atoms in total. The Hall–Kier alpha value is -2.18. The van der Waals surface area contributed by atoms with Crippen molar-refractivity contribution in [1.29, 1.82) is 0 Å². The van der Waals surface area contributed by atoms with E-state index in [1.54, 1.807) is 12.1 Å². The van der Waals surface area contributed by atoms with E-state index in [9.17, 15) is 4.79 Å². The summed E-state index contributed by atoms with van der Waals surface area (Å²) in [5, 5.41) is 0. The first-order valence-corrected chi connectivity index (χ1v) is 9.42. The van der Waals surface area contributed by atoms with Crippen LogP contribution in [0.5, 0.6) is 0 Å². The minimum Gasteiger partial charge on any atom is -0.465 e. The molecule has 2 aromatic carbocycles. The van der Waals surface area contributed by atoms with Crippen LogP contribution in [-0.4, -0.2) is 18.8 Å². The van der Waals surface area contributed by atoms with Crippen molar-refractivity contribution in [3.05, 3.63) is 64.7 Å². The van der Waals surface area contributed by atoms with Gasteiger partial charge in [0, 0.05) is 16.9 Å². The van der Waals surface area contributed by atoms with Crippen LogP contribution in [0, 0.1) is 11.8 Å². The topological polar surface area (TPSA) is 26.3 Å². The standard InChI is InChI=1S/C22H22O2S/c1-22(2)14-15-25-20-17(8-5-9-19(20)22)7-4-6-16-10-12-18(13-11-16)21(23)24-3/h5,8-13H,7,14-15H2,1-3H3. The van der Waals surface area contributed by atoms with Crippen LogP contribution >= 0.6 is 11.8 Å². The van der Waals surface area contributed by atoms with Crippen molar-refractivity contribution < 1.29 is 9.53 Å². The van der Waals surface area contributed by atoms with E-state index >= 15 is 0 Å². The van der Waals surface area contributed by atoms with Crippen molar-refractivity contribution in [2.75, 3.05) is 12.9 Å². The second-order valence-corrected chi connectivity index (χ2v) is 7.93. The Morgan fingerprint density at radius 3 is 2.68 bits per heavy atom. The largest absolute Gasteiger partial charge is 0.465 e. The number of fused-ring (bicyclic) bond motifs is 1. The maximum Gasteiger partial charge on any atom is 0.337 e. The third-order valence-corrected chi connectivity index (χ3v) is 5.80. The van der Waals surface area contributed by atoms with E-state index in [0.29, 0.717) is 5.56 Å². The summed E-state index contributed by atoms with van der Waals surface area (Å²) < 4.78 is 4.71. The first kappa shape index (κ1) is 17.6. The highest BCUT2D eigenvalue weighted by Crippen LogP contribution is 2.43. The normalized spacial score (nSPS) is 14.8. The molecule has 3 rings (SSSR count). The maximum absolute atomic E-state index is 11.5. The van der Waals surface area contributed by atoms with Gasteiger partial charge in [0.2, 0.25) is 0 Å². The van der Waals surface area contributed by atoms with Gasteiger partial charge in [-0.2, -0.15) is 0 Å². The van der Waals surface area contributed by atoms with Crippen LogP contribution in [0.3, 0.4) is 0 Å². The number of thioether (sulfide) groups is 1. The highest BCUT2D eigenvalue weighted by molar-refractivity contribution is 7.99. The number of esters is 1. The number of rotatable bonds is 2. The molecule has 0 N–H and O–H groups in total. The van der Waals surface area contributed by atoms with Crippen LogP contribution in [0.25, 0.3) is 0 Å². The average molecular weight is 350 g/mol. The minimum atomic E-state index is -0.324. The number of carbonyl (C=O) groups excluding carboxylic acids is 1. The van der Waals surface area contributed by atoms with Crippen molar-refractivity contribution in [3.8, 4) is 11.8 Å². The molecule has 0 radical (unpaired) electrons. The summed E-state index contributed by atoms with van der Waals surface area (Å²) in [5.41, 5.74) is 4.46. The SMILES string of the molecule is COC(=O)c1ccc(C#CCc2cccc3c2SCCC3(C)C)cc1. The van der Waals surface area contributed by atoms with Gasteiger partial charge in [0.15, 0.2) is 0 Å². The molecule has 0 unspecified atom stereocenters. The maximum atomic E-state index is 11.5. The summed E-state index contributed by atoms with van der Waals surface area (Å²) in [6, 6.07) is 13.8. The third-order valence-electron chi connectivity index (χ3n) is 4.62. The molecule has 128 valence electrons. The number of ether oxygens (including phenoxy) is 1. The third kappa shape index (κ3) is 3.91. The van der Waals surface area contributed by atoms with Crippen LogP contribution in [-0.2, 0) is 16.6 Å². The number of benzene rings is 2. The molecule has 3 heteroatoms. The molecule has 0 amide bonds. The number of methoxy groups -OCH3 is 1. The molecular weight excluding hydrogens is 328 g/mol. The highest BCUT2D eigenvalue weighted by Gasteiger charge is 2.28. The minimum absolute atomic E-state index is 0.244. The van der Waals surface area contributed by atoms with E-state index < -0.39 is 0 Å². The summed E-state index contributed by atoms with van der Waals surface area (Å²) in [6.45, 7) is 4.65. The summed E-state index contributed by atoms with van der Waals surface area (Å²) in [7, 11) is 1.38. The lowest BCUT2D eigenvalue weighted by Gasteiger charge is -2.33. The van der Waals surface area contributed by atoms with Gasteiger partial charge in [-0.3, -0.25) is 0 Å². The van der Waals surface area contributed by atoms with Crippen molar-refractivity contribution in [2.45, 2.75) is 37.0 Å². The molecule has 0 fully saturated rings. The molecule has 0 aliphatic carbocycles. The van der Waals surface area contributed by atoms with Crippen LogP contribution in [0.2, 0.25) is 0 Å². The van der Waals surface area contributed by atoms with Crippen molar-refractivity contribution in [3.63, 3.8) is 0 Å². The Morgan fingerprint density at radius 2 is 1.96 bits per heavy atom. The smallest absolute Gasteiger partial charge is 0.337 e. The van der Waals surface area contributed by atoms with Crippen molar-refractivity contribution in [2.24, 2.45) is 0 Å². The average Bonchev–Trinajstić information content (AvgIpc) is 2.62. The van der Waals surface area contributed by atoms with Gasteiger partial charge >= 0.3 is 5.97 Å². The fraction of sp³-hybridized carbons (Fsp3) is 0.318. The van der Waals surface area contributed by atoms with Crippen LogP contribution in [0.15, 0.2) is 47.4 Å². The van der Waals surface area contributed by atoms with Gasteiger partial charge in [-0.1, -0.05) is 43.9 Å². The van der Waals surface area contributed by atoms with Crippen LogP contribution < -0.4 is 0 Å². The molecule has 0 saturated carbocycles. The van der Waals surface area contributed by atoms with Gasteiger partial charge in [-0.05, 0) is 53.0 Å². The van der Waals surface area contributed by atoms with Crippen LogP contribution in [0.4, 0.5) is 0 Å². The first-order chi connectivity index (χ1) is 12.0. The highest BCUT2D eigenvalue weighted by atomic mass is 32.2. The number of hydrogen-bond acceptors (Lipinski definition) is 3. The Balaban J connectivity index is 1.77. The fourth-order valence-corrected chi connectivity index (χ4v) is 4.66. The summed E-state index contributed by atoms with van der Waals surface area (Å²) in [6.07, 6.45) is 1.96. The quantitative estimate of drug-likeness (QED) is 0.573. The van der Waals surface area contributed by atoms with Gasteiger partial charge < -0.3 is 4.74 Å². The van der Waals surface area contributed by atoms with Crippen LogP contribution in [0.1, 0.15) is 47.3 Å². The molecule has 1 aliphatic rings. The lowest BCUT2D eigenvalue weighted by molar-refractivity contribution is 0.0600. The van der Waals surface area contributed by atoms with Gasteiger partial charge in [0.1, 0.15) is 0 Å². The predicted octanol–water partition coefficient (Wildman–Crippen LogP) is 4.84. The molecule has 25 heavy (non-hydrogen) atoms. The van der Waals surface area contributed by atoms with E-state index in [0.717, 1.165) is 12.0 Å². The Bertz CT molecular complexity index is 839. The molecule has 2 aromatic rings. The van der Waals surface area contributed by atoms with Gasteiger partial charge in [-0.15, -0.1) is 11.8 Å². The number of carbonyl (C=O) groups is 1. The van der Waals surface area contributed by atoms with Gasteiger partial charge in [0.05, 0.1) is 12.7 Å². The zero-order valence-corrected chi connectivity index (χ0v) is 15.7. The molecule has 0 bridgehead atoms. The number of hydrogen-bond donors (Lipinski definition) is 0. The first-order valence-electron chi connectivity index (χ1n) is 8.44. The second kappa shape index (κ2) is 7.37. The molecule has 0 aromatic heterocycles. The van der Waals surface area contributed by atoms with E-state index in [4.69, 9.17) is 4.74 Å². The zero-order chi connectivity index (χ0) is 17.9. The van der Waals surface area contributed by atoms with Gasteiger partial charge in [0.25, 0.3) is 0 Å². The predicted molar refractivity (Wildman–Crippen MR) is 103 cm³/mol. The van der Waals surface area contributed by atoms with Gasteiger partial charge in [-0.25, -0.2) is 4.79 Å². The van der Waals surface area contributed by atoms with E-state index in [1.165, 1.54) is 35.3 Å². The van der Waals surface area contributed by atoms with Crippen molar-refractivity contribution >= 4 is 17.7 Å². The second-order valence-electron chi connectivity index (χ2n) is 6.82. The summed E-state index contributed by atoms with van der Waals surface area (Å²) in [5.74, 6) is 7.31. The van der Waals surface area contributed by atoms with E-state index in [1.807, 2.05) is 23.9 Å². The van der Waals surface area contributed by atoms with Crippen molar-refractivity contribution in [1.82, 2.24) is 0 Å². The summed E-state index contributed by atoms with van der Waals surface area (Å²) in [4.78, 5) is 12.9. The molecule has 0 saturated heterocycles. The Labute approximate surface area is 154 Å². The molecule has 1 aliphatic heterocycles. The van der Waals surface area contributed by atoms with E-state index in [2.05, 4.69) is 43.9 Å². The lowest BCUT2D eigenvalue weighted by atomic mass is 9.81. The molecule has 0 spiro atoms.